The molecule has 0 bridgehead atoms. The first-order valence-corrected chi connectivity index (χ1v) is 8.13. The summed E-state index contributed by atoms with van der Waals surface area (Å²) in [4.78, 5) is 23.8. The van der Waals surface area contributed by atoms with Gasteiger partial charge in [0.25, 0.3) is 23.9 Å². The number of nitrogen functional groups attached to an aromatic ring is 1. The molecule has 1 aromatic carbocycles. The van der Waals surface area contributed by atoms with Gasteiger partial charge in [0.05, 0.1) is 11.1 Å². The van der Waals surface area contributed by atoms with Crippen LogP contribution < -0.4 is 10.4 Å². The number of carbonyl (C=O) groups is 2. The number of benzene rings is 1. The Kier molecular flexibility index (Phi) is 4.59. The van der Waals surface area contributed by atoms with E-state index in [2.05, 4.69) is 5.27 Å². The van der Waals surface area contributed by atoms with Crippen LogP contribution in [0.1, 0.15) is 58.9 Å². The molecule has 7 nitrogen and oxygen atoms in total. The molecule has 126 valence electrons. The molecule has 0 unspecified atom stereocenters. The zero-order valence-corrected chi connectivity index (χ0v) is 13.6. The van der Waals surface area contributed by atoms with Crippen molar-refractivity contribution in [3.05, 3.63) is 41.6 Å². The molecule has 0 atom stereocenters. The van der Waals surface area contributed by atoms with E-state index in [9.17, 15) is 9.59 Å². The molecule has 0 saturated heterocycles. The topological polar surface area (TPSA) is 93.3 Å². The van der Waals surface area contributed by atoms with Gasteiger partial charge in [0.1, 0.15) is 0 Å². The summed E-state index contributed by atoms with van der Waals surface area (Å²) in [5, 5.41) is 3.86. The van der Waals surface area contributed by atoms with E-state index < -0.39 is 0 Å². The van der Waals surface area contributed by atoms with E-state index >= 15 is 0 Å². The maximum atomic E-state index is 11.3. The molecule has 1 aromatic heterocycles. The van der Waals surface area contributed by atoms with E-state index in [4.69, 9.17) is 10.3 Å². The zero-order chi connectivity index (χ0) is 17.1. The summed E-state index contributed by atoms with van der Waals surface area (Å²) in [6, 6.07) is 7.35. The number of anilines is 1. The van der Waals surface area contributed by atoms with E-state index in [-0.39, 0.29) is 11.8 Å². The van der Waals surface area contributed by atoms with Crippen molar-refractivity contribution in [3.63, 3.8) is 0 Å². The van der Waals surface area contributed by atoms with Gasteiger partial charge in [0.15, 0.2) is 6.04 Å². The molecule has 2 aliphatic rings. The van der Waals surface area contributed by atoms with Crippen molar-refractivity contribution in [2.24, 2.45) is 0 Å². The third-order valence-corrected chi connectivity index (χ3v) is 4.45. The molecule has 1 aliphatic heterocycles. The van der Waals surface area contributed by atoms with E-state index in [1.807, 2.05) is 4.68 Å². The van der Waals surface area contributed by atoms with Crippen molar-refractivity contribution in [2.75, 3.05) is 12.8 Å². The molecular weight excluding hydrogens is 308 g/mol. The second kappa shape index (κ2) is 6.82. The minimum atomic E-state index is -0.212. The number of nitrogens with two attached hydrogens (primary N) is 1. The van der Waals surface area contributed by atoms with Crippen LogP contribution in [0.2, 0.25) is 0 Å². The van der Waals surface area contributed by atoms with E-state index in [1.165, 1.54) is 39.2 Å². The van der Waals surface area contributed by atoms with Gasteiger partial charge in [-0.15, -0.1) is 0 Å². The lowest BCUT2D eigenvalue weighted by molar-refractivity contribution is -0.787. The number of imide groups is 1. The molecule has 1 aliphatic carbocycles. The van der Waals surface area contributed by atoms with Gasteiger partial charge in [-0.1, -0.05) is 18.6 Å². The highest BCUT2D eigenvalue weighted by Crippen LogP contribution is 2.23. The Morgan fingerprint density at radius 1 is 1.12 bits per heavy atom. The summed E-state index contributed by atoms with van der Waals surface area (Å²) >= 11 is 0. The van der Waals surface area contributed by atoms with Gasteiger partial charge in [-0.25, -0.2) is 0 Å². The standard InChI is InChI=1S/C9H7NO2.C8H14N3O/c1-10-8(11)6-4-2-3-5-7(6)9(10)12;9-8-6-11(10-12-8)7-4-2-1-3-5-7/h2-5H,1H3;6-7H,1-5,9H2/q;+1. The fraction of sp³-hybridized carbons (Fsp3) is 0.412. The van der Waals surface area contributed by atoms with Crippen molar-refractivity contribution in [2.45, 2.75) is 38.1 Å². The number of carbonyl (C=O) groups excluding carboxylic acids is 2. The summed E-state index contributed by atoms with van der Waals surface area (Å²) in [6.07, 6.45) is 8.13. The molecule has 2 aromatic rings. The Morgan fingerprint density at radius 2 is 1.71 bits per heavy atom. The number of amides is 2. The Morgan fingerprint density at radius 3 is 2.21 bits per heavy atom. The number of fused-ring (bicyclic) bond motifs is 1. The van der Waals surface area contributed by atoms with Crippen molar-refractivity contribution in [1.82, 2.24) is 10.2 Å². The highest BCUT2D eigenvalue weighted by molar-refractivity contribution is 6.21. The van der Waals surface area contributed by atoms with Crippen molar-refractivity contribution in [1.29, 1.82) is 0 Å². The van der Waals surface area contributed by atoms with Crippen LogP contribution in [-0.4, -0.2) is 29.0 Å². The fourth-order valence-corrected chi connectivity index (χ4v) is 3.10. The van der Waals surface area contributed by atoms with Gasteiger partial charge < -0.3 is 5.73 Å². The second-order valence-corrected chi connectivity index (χ2v) is 6.09. The minimum absolute atomic E-state index is 0.212. The van der Waals surface area contributed by atoms with Crippen molar-refractivity contribution < 1.29 is 18.8 Å². The molecule has 0 radical (unpaired) electrons. The van der Waals surface area contributed by atoms with Gasteiger partial charge in [-0.05, 0) is 29.7 Å². The van der Waals surface area contributed by atoms with E-state index in [0.717, 1.165) is 4.90 Å². The summed E-state index contributed by atoms with van der Waals surface area (Å²) in [5.41, 5.74) is 6.44. The summed E-state index contributed by atoms with van der Waals surface area (Å²) in [7, 11) is 1.49. The van der Waals surface area contributed by atoms with Crippen LogP contribution in [-0.2, 0) is 0 Å². The predicted octanol–water partition coefficient (Wildman–Crippen LogP) is 1.96. The highest BCUT2D eigenvalue weighted by Gasteiger charge is 2.31. The lowest BCUT2D eigenvalue weighted by atomic mass is 9.96. The predicted molar refractivity (Wildman–Crippen MR) is 86.1 cm³/mol. The van der Waals surface area contributed by atoms with Crippen LogP contribution in [0, 0.1) is 0 Å². The van der Waals surface area contributed by atoms with Crippen molar-refractivity contribution in [3.8, 4) is 0 Å². The Labute approximate surface area is 140 Å². The first-order chi connectivity index (χ1) is 11.6. The second-order valence-electron chi connectivity index (χ2n) is 6.09. The molecule has 2 amide bonds. The van der Waals surface area contributed by atoms with Crippen LogP contribution in [0.25, 0.3) is 0 Å². The molecule has 1 fully saturated rings. The highest BCUT2D eigenvalue weighted by atomic mass is 16.5. The molecule has 7 heteroatoms. The Balaban J connectivity index is 0.000000141. The average Bonchev–Trinajstić information content (AvgIpc) is 3.15. The van der Waals surface area contributed by atoms with Gasteiger partial charge in [0.2, 0.25) is 5.27 Å². The van der Waals surface area contributed by atoms with Gasteiger partial charge in [0, 0.05) is 19.9 Å². The van der Waals surface area contributed by atoms with Crippen LogP contribution in [0.5, 0.6) is 0 Å². The number of hydrogen-bond acceptors (Lipinski definition) is 5. The molecule has 24 heavy (non-hydrogen) atoms. The van der Waals surface area contributed by atoms with E-state index in [0.29, 0.717) is 23.1 Å². The third kappa shape index (κ3) is 3.15. The molecule has 0 spiro atoms. The molecule has 1 saturated carbocycles. The molecule has 4 rings (SSSR count). The maximum absolute atomic E-state index is 11.3. The maximum Gasteiger partial charge on any atom is 0.293 e. The summed E-state index contributed by atoms with van der Waals surface area (Å²) in [5.74, 6) is -0.0215. The smallest absolute Gasteiger partial charge is 0.293 e. The largest absolute Gasteiger partial charge is 0.362 e. The Bertz CT molecular complexity index is 715. The number of hydrogen-bond donors (Lipinski definition) is 1. The summed E-state index contributed by atoms with van der Waals surface area (Å²) < 4.78 is 6.66. The van der Waals surface area contributed by atoms with Gasteiger partial charge >= 0.3 is 0 Å². The SMILES string of the molecule is CN1C(=O)c2ccccc2C1=O.Nc1c[n+](C2CCCCC2)no1. The average molecular weight is 329 g/mol. The van der Waals surface area contributed by atoms with Crippen LogP contribution in [0.3, 0.4) is 0 Å². The van der Waals surface area contributed by atoms with Crippen LogP contribution in [0.15, 0.2) is 35.0 Å². The number of nitrogens with zero attached hydrogens (tertiary/aromatic N) is 3. The Hall–Kier alpha value is -2.70. The monoisotopic (exact) mass is 329 g/mol. The normalized spacial score (nSPS) is 17.5. The molecular formula is C17H21N4O3+. The van der Waals surface area contributed by atoms with Crippen molar-refractivity contribution >= 4 is 17.7 Å². The quantitative estimate of drug-likeness (QED) is 0.637. The zero-order valence-electron chi connectivity index (χ0n) is 13.6. The van der Waals surface area contributed by atoms with Crippen LogP contribution >= 0.6 is 0 Å². The summed E-state index contributed by atoms with van der Waals surface area (Å²) in [6.45, 7) is 0. The lowest BCUT2D eigenvalue weighted by Crippen LogP contribution is -2.41. The number of rotatable bonds is 1. The minimum Gasteiger partial charge on any atom is -0.362 e. The van der Waals surface area contributed by atoms with Crippen LogP contribution in [0.4, 0.5) is 5.88 Å². The first-order valence-electron chi connectivity index (χ1n) is 8.13. The number of aromatic nitrogens is 2. The molecule has 2 N–H and O–H groups in total. The lowest BCUT2D eigenvalue weighted by Gasteiger charge is -2.12. The van der Waals surface area contributed by atoms with Gasteiger partial charge in [-0.3, -0.25) is 19.0 Å². The van der Waals surface area contributed by atoms with E-state index in [1.54, 1.807) is 30.5 Å². The molecule has 2 heterocycles. The first kappa shape index (κ1) is 16.2. The fourth-order valence-electron chi connectivity index (χ4n) is 3.10. The third-order valence-electron chi connectivity index (χ3n) is 4.45. The van der Waals surface area contributed by atoms with Gasteiger partial charge in [-0.2, -0.15) is 0 Å².